The standard InChI is InChI=1S/C18H12BrN3O3/c19-10-5-6-14-15(7-10)22(9-16(23)24)18(25)17(21-14)12-8-20-13-4-2-1-3-11(12)13/h1-8,20H,9H2,(H,23,24). The van der Waals surface area contributed by atoms with Gasteiger partial charge in [-0.3, -0.25) is 14.2 Å². The van der Waals surface area contributed by atoms with Gasteiger partial charge in [0.2, 0.25) is 0 Å². The highest BCUT2D eigenvalue weighted by Crippen LogP contribution is 2.27. The highest BCUT2D eigenvalue weighted by atomic mass is 79.9. The van der Waals surface area contributed by atoms with E-state index < -0.39 is 18.1 Å². The average molecular weight is 398 g/mol. The molecule has 0 radical (unpaired) electrons. The fourth-order valence-corrected chi connectivity index (χ4v) is 3.30. The average Bonchev–Trinajstić information content (AvgIpc) is 3.01. The number of fused-ring (bicyclic) bond motifs is 2. The molecule has 0 bridgehead atoms. The predicted molar refractivity (Wildman–Crippen MR) is 98.6 cm³/mol. The van der Waals surface area contributed by atoms with Gasteiger partial charge in [0.1, 0.15) is 12.2 Å². The van der Waals surface area contributed by atoms with Crippen molar-refractivity contribution < 1.29 is 9.90 Å². The summed E-state index contributed by atoms with van der Waals surface area (Å²) >= 11 is 3.35. The summed E-state index contributed by atoms with van der Waals surface area (Å²) in [5.74, 6) is -1.08. The van der Waals surface area contributed by atoms with Crippen molar-refractivity contribution in [3.8, 4) is 11.3 Å². The smallest absolute Gasteiger partial charge is 0.323 e. The lowest BCUT2D eigenvalue weighted by Crippen LogP contribution is -2.27. The first kappa shape index (κ1) is 15.6. The third kappa shape index (κ3) is 2.62. The molecule has 0 saturated heterocycles. The maximum atomic E-state index is 13.0. The van der Waals surface area contributed by atoms with Crippen molar-refractivity contribution in [1.82, 2.24) is 14.5 Å². The van der Waals surface area contributed by atoms with Gasteiger partial charge in [-0.1, -0.05) is 34.1 Å². The van der Waals surface area contributed by atoms with Crippen molar-refractivity contribution in [3.05, 3.63) is 63.5 Å². The quantitative estimate of drug-likeness (QED) is 0.554. The number of aromatic amines is 1. The number of carboxylic acid groups (broad SMARTS) is 1. The summed E-state index contributed by atoms with van der Waals surface area (Å²) in [6.07, 6.45) is 1.73. The van der Waals surface area contributed by atoms with Crippen LogP contribution in [-0.2, 0) is 11.3 Å². The summed E-state index contributed by atoms with van der Waals surface area (Å²) in [6.45, 7) is -0.427. The molecule has 4 rings (SSSR count). The van der Waals surface area contributed by atoms with Gasteiger partial charge in [-0.05, 0) is 24.3 Å². The second-order valence-electron chi connectivity index (χ2n) is 5.63. The summed E-state index contributed by atoms with van der Waals surface area (Å²) in [5, 5.41) is 10.1. The number of carbonyl (C=O) groups is 1. The first-order valence-electron chi connectivity index (χ1n) is 7.53. The minimum Gasteiger partial charge on any atom is -0.480 e. The zero-order valence-corrected chi connectivity index (χ0v) is 14.4. The van der Waals surface area contributed by atoms with Gasteiger partial charge in [0.15, 0.2) is 0 Å². The Morgan fingerprint density at radius 2 is 2.04 bits per heavy atom. The number of aliphatic carboxylic acids is 1. The number of halogens is 1. The molecule has 124 valence electrons. The third-order valence-corrected chi connectivity index (χ3v) is 4.54. The number of nitrogens with zero attached hydrogens (tertiary/aromatic N) is 2. The Kier molecular flexibility index (Phi) is 3.65. The maximum Gasteiger partial charge on any atom is 0.323 e. The largest absolute Gasteiger partial charge is 0.480 e. The molecule has 0 fully saturated rings. The van der Waals surface area contributed by atoms with Crippen molar-refractivity contribution in [2.45, 2.75) is 6.54 Å². The first-order chi connectivity index (χ1) is 12.0. The number of carboxylic acids is 1. The van der Waals surface area contributed by atoms with Crippen LogP contribution >= 0.6 is 15.9 Å². The molecule has 7 heteroatoms. The Morgan fingerprint density at radius 3 is 2.84 bits per heavy atom. The summed E-state index contributed by atoms with van der Waals surface area (Å²) in [6, 6.07) is 12.9. The molecular formula is C18H12BrN3O3. The second-order valence-corrected chi connectivity index (χ2v) is 6.54. The van der Waals surface area contributed by atoms with Gasteiger partial charge in [0, 0.05) is 27.1 Å². The Morgan fingerprint density at radius 1 is 1.24 bits per heavy atom. The van der Waals surface area contributed by atoms with Crippen LogP contribution in [-0.4, -0.2) is 25.6 Å². The van der Waals surface area contributed by atoms with Crippen molar-refractivity contribution in [1.29, 1.82) is 0 Å². The molecule has 2 N–H and O–H groups in total. The summed E-state index contributed by atoms with van der Waals surface area (Å²) < 4.78 is 1.99. The molecule has 4 aromatic rings. The first-order valence-corrected chi connectivity index (χ1v) is 8.32. The van der Waals surface area contributed by atoms with Crippen molar-refractivity contribution in [2.24, 2.45) is 0 Å². The van der Waals surface area contributed by atoms with E-state index in [9.17, 15) is 14.7 Å². The summed E-state index contributed by atoms with van der Waals surface area (Å²) in [4.78, 5) is 31.9. The molecule has 2 aromatic heterocycles. The van der Waals surface area contributed by atoms with E-state index in [1.807, 2.05) is 30.3 Å². The number of hydrogen-bond acceptors (Lipinski definition) is 3. The van der Waals surface area contributed by atoms with Crippen molar-refractivity contribution >= 4 is 43.8 Å². The van der Waals surface area contributed by atoms with Crippen LogP contribution in [0.4, 0.5) is 0 Å². The van der Waals surface area contributed by atoms with E-state index in [1.165, 1.54) is 4.57 Å². The van der Waals surface area contributed by atoms with Gasteiger partial charge < -0.3 is 10.1 Å². The summed E-state index contributed by atoms with van der Waals surface area (Å²) in [5.41, 5.74) is 2.38. The van der Waals surface area contributed by atoms with E-state index in [0.29, 0.717) is 16.6 Å². The number of aromatic nitrogens is 3. The molecule has 0 spiro atoms. The van der Waals surface area contributed by atoms with Gasteiger partial charge >= 0.3 is 5.97 Å². The van der Waals surface area contributed by atoms with Crippen LogP contribution in [0.25, 0.3) is 33.2 Å². The molecule has 0 atom stereocenters. The van der Waals surface area contributed by atoms with E-state index in [2.05, 4.69) is 25.9 Å². The molecular weight excluding hydrogens is 386 g/mol. The molecule has 2 heterocycles. The van der Waals surface area contributed by atoms with E-state index in [1.54, 1.807) is 18.3 Å². The molecule has 0 aliphatic heterocycles. The number of benzene rings is 2. The molecule has 0 unspecified atom stereocenters. The minimum absolute atomic E-state index is 0.230. The second kappa shape index (κ2) is 5.86. The Labute approximate surface area is 149 Å². The lowest BCUT2D eigenvalue weighted by molar-refractivity contribution is -0.137. The fraction of sp³-hybridized carbons (Fsp3) is 0.0556. The third-order valence-electron chi connectivity index (χ3n) is 4.05. The van der Waals surface area contributed by atoms with Crippen LogP contribution in [0, 0.1) is 0 Å². The molecule has 0 aliphatic rings. The van der Waals surface area contributed by atoms with Crippen LogP contribution in [0.3, 0.4) is 0 Å². The monoisotopic (exact) mass is 397 g/mol. The van der Waals surface area contributed by atoms with Crippen LogP contribution in [0.5, 0.6) is 0 Å². The zero-order chi connectivity index (χ0) is 17.6. The molecule has 0 aliphatic carbocycles. The van der Waals surface area contributed by atoms with E-state index in [0.717, 1.165) is 15.4 Å². The Balaban J connectivity index is 2.08. The van der Waals surface area contributed by atoms with Gasteiger partial charge in [0.05, 0.1) is 11.0 Å². The molecule has 6 nitrogen and oxygen atoms in total. The van der Waals surface area contributed by atoms with Crippen LogP contribution < -0.4 is 5.56 Å². The van der Waals surface area contributed by atoms with Gasteiger partial charge in [-0.25, -0.2) is 4.98 Å². The zero-order valence-electron chi connectivity index (χ0n) is 12.9. The van der Waals surface area contributed by atoms with Gasteiger partial charge in [0.25, 0.3) is 5.56 Å². The maximum absolute atomic E-state index is 13.0. The number of para-hydroxylation sites is 1. The number of nitrogens with one attached hydrogen (secondary N) is 1. The molecule has 2 aromatic carbocycles. The van der Waals surface area contributed by atoms with Crippen molar-refractivity contribution in [2.75, 3.05) is 0 Å². The number of rotatable bonds is 3. The fourth-order valence-electron chi connectivity index (χ4n) is 2.95. The molecule has 0 amide bonds. The Hall–Kier alpha value is -2.93. The van der Waals surface area contributed by atoms with Crippen molar-refractivity contribution in [3.63, 3.8) is 0 Å². The minimum atomic E-state index is -1.08. The Bertz CT molecular complexity index is 1190. The summed E-state index contributed by atoms with van der Waals surface area (Å²) in [7, 11) is 0. The molecule has 0 saturated carbocycles. The van der Waals surface area contributed by atoms with E-state index >= 15 is 0 Å². The number of H-pyrrole nitrogens is 1. The highest BCUT2D eigenvalue weighted by molar-refractivity contribution is 9.10. The van der Waals surface area contributed by atoms with Gasteiger partial charge in [-0.15, -0.1) is 0 Å². The predicted octanol–water partition coefficient (Wildman–Crippen LogP) is 3.39. The molecule has 25 heavy (non-hydrogen) atoms. The van der Waals surface area contributed by atoms with E-state index in [4.69, 9.17) is 0 Å². The SMILES string of the molecule is O=C(O)Cn1c(=O)c(-c2c[nH]c3ccccc23)nc2ccc(Br)cc21. The highest BCUT2D eigenvalue weighted by Gasteiger charge is 2.17. The van der Waals surface area contributed by atoms with E-state index in [-0.39, 0.29) is 5.69 Å². The topological polar surface area (TPSA) is 88.0 Å². The van der Waals surface area contributed by atoms with Gasteiger partial charge in [-0.2, -0.15) is 0 Å². The lowest BCUT2D eigenvalue weighted by atomic mass is 10.1. The normalized spacial score (nSPS) is 11.2. The van der Waals surface area contributed by atoms with Crippen LogP contribution in [0.1, 0.15) is 0 Å². The van der Waals surface area contributed by atoms with Crippen LogP contribution in [0.15, 0.2) is 57.9 Å². The lowest BCUT2D eigenvalue weighted by Gasteiger charge is -2.10. The number of hydrogen-bond donors (Lipinski definition) is 2. The van der Waals surface area contributed by atoms with Crippen LogP contribution in [0.2, 0.25) is 0 Å².